The number of hydrogen-bond donors (Lipinski definition) is 0. The summed E-state index contributed by atoms with van der Waals surface area (Å²) in [5.74, 6) is 1.16. The molecule has 0 aliphatic carbocycles. The summed E-state index contributed by atoms with van der Waals surface area (Å²) in [4.78, 5) is 0. The molecule has 0 unspecified atom stereocenters. The SMILES string of the molecule is C=C/C(=C\C(=C/C)C(C)C)C(C)C.CC.CC. The standard InChI is InChI=1S/C13H22.2C2H6/c1-7-12(10(3)4)9-13(8-2)11(5)6;2*1-2/h7-11H,1H2,2-6H3;2*1-2H3/b12-9+,13-8+;;. The van der Waals surface area contributed by atoms with Crippen LogP contribution in [0.5, 0.6) is 0 Å². The molecule has 0 bridgehead atoms. The molecule has 0 saturated carbocycles. The molecule has 0 amide bonds. The Morgan fingerprint density at radius 3 is 1.35 bits per heavy atom. The minimum Gasteiger partial charge on any atom is -0.0988 e. The maximum atomic E-state index is 3.83. The van der Waals surface area contributed by atoms with Crippen LogP contribution in [0.4, 0.5) is 0 Å². The van der Waals surface area contributed by atoms with E-state index < -0.39 is 0 Å². The second-order valence-electron chi connectivity index (χ2n) is 3.95. The highest BCUT2D eigenvalue weighted by Gasteiger charge is 2.02. The van der Waals surface area contributed by atoms with E-state index >= 15 is 0 Å². The highest BCUT2D eigenvalue weighted by molar-refractivity contribution is 5.31. The van der Waals surface area contributed by atoms with Crippen molar-refractivity contribution in [1.82, 2.24) is 0 Å². The van der Waals surface area contributed by atoms with Gasteiger partial charge in [-0.3, -0.25) is 0 Å². The Labute approximate surface area is 111 Å². The summed E-state index contributed by atoms with van der Waals surface area (Å²) >= 11 is 0. The van der Waals surface area contributed by atoms with E-state index in [9.17, 15) is 0 Å². The van der Waals surface area contributed by atoms with Gasteiger partial charge in [0.05, 0.1) is 0 Å². The fourth-order valence-corrected chi connectivity index (χ4v) is 1.24. The van der Waals surface area contributed by atoms with E-state index in [1.807, 2.05) is 33.8 Å². The summed E-state index contributed by atoms with van der Waals surface area (Å²) in [5, 5.41) is 0. The largest absolute Gasteiger partial charge is 0.0988 e. The first-order chi connectivity index (χ1) is 8.02. The average molecular weight is 238 g/mol. The third-order valence-electron chi connectivity index (χ3n) is 2.24. The maximum absolute atomic E-state index is 3.83. The van der Waals surface area contributed by atoms with Gasteiger partial charge in [0.2, 0.25) is 0 Å². The minimum atomic E-state index is 0.561. The molecule has 0 atom stereocenters. The summed E-state index contributed by atoms with van der Waals surface area (Å²) in [6.45, 7) is 22.7. The lowest BCUT2D eigenvalue weighted by molar-refractivity contribution is 0.763. The zero-order valence-electron chi connectivity index (χ0n) is 13.6. The van der Waals surface area contributed by atoms with E-state index in [-0.39, 0.29) is 0 Å². The maximum Gasteiger partial charge on any atom is -0.0219 e. The lowest BCUT2D eigenvalue weighted by Gasteiger charge is -2.10. The molecule has 0 nitrogen and oxygen atoms in total. The molecule has 0 aromatic rings. The number of hydrogen-bond acceptors (Lipinski definition) is 0. The Bertz CT molecular complexity index is 214. The van der Waals surface area contributed by atoms with Crippen LogP contribution in [0.2, 0.25) is 0 Å². The molecule has 17 heavy (non-hydrogen) atoms. The molecule has 0 aromatic heterocycles. The Morgan fingerprint density at radius 1 is 0.824 bits per heavy atom. The van der Waals surface area contributed by atoms with Crippen molar-refractivity contribution in [1.29, 1.82) is 0 Å². The van der Waals surface area contributed by atoms with Crippen LogP contribution < -0.4 is 0 Å². The van der Waals surface area contributed by atoms with Crippen LogP contribution in [-0.4, -0.2) is 0 Å². The van der Waals surface area contributed by atoms with Crippen molar-refractivity contribution < 1.29 is 0 Å². The van der Waals surface area contributed by atoms with Crippen LogP contribution in [0, 0.1) is 11.8 Å². The molecule has 0 heterocycles. The molecule has 102 valence electrons. The molecule has 0 rings (SSSR count). The van der Waals surface area contributed by atoms with Gasteiger partial charge in [0.15, 0.2) is 0 Å². The molecule has 0 radical (unpaired) electrons. The van der Waals surface area contributed by atoms with Crippen molar-refractivity contribution in [3.63, 3.8) is 0 Å². The van der Waals surface area contributed by atoms with Gasteiger partial charge in [0.25, 0.3) is 0 Å². The van der Waals surface area contributed by atoms with Crippen molar-refractivity contribution in [2.45, 2.75) is 62.3 Å². The zero-order valence-corrected chi connectivity index (χ0v) is 13.6. The second-order valence-corrected chi connectivity index (χ2v) is 3.95. The van der Waals surface area contributed by atoms with Gasteiger partial charge in [-0.2, -0.15) is 0 Å². The van der Waals surface area contributed by atoms with E-state index in [1.165, 1.54) is 11.1 Å². The third-order valence-corrected chi connectivity index (χ3v) is 2.24. The topological polar surface area (TPSA) is 0 Å². The van der Waals surface area contributed by atoms with Gasteiger partial charge >= 0.3 is 0 Å². The molecule has 0 aliphatic heterocycles. The zero-order chi connectivity index (χ0) is 14.4. The van der Waals surface area contributed by atoms with Crippen LogP contribution in [-0.2, 0) is 0 Å². The molecule has 0 aromatic carbocycles. The summed E-state index contributed by atoms with van der Waals surface area (Å²) in [6.07, 6.45) is 6.38. The highest BCUT2D eigenvalue weighted by Crippen LogP contribution is 2.18. The minimum absolute atomic E-state index is 0.561. The fourth-order valence-electron chi connectivity index (χ4n) is 1.24. The van der Waals surface area contributed by atoms with Crippen LogP contribution in [0.15, 0.2) is 36.0 Å². The van der Waals surface area contributed by atoms with Gasteiger partial charge in [-0.05, 0) is 29.9 Å². The Kier molecular flexibility index (Phi) is 19.2. The van der Waals surface area contributed by atoms with E-state index in [4.69, 9.17) is 0 Å². The summed E-state index contributed by atoms with van der Waals surface area (Å²) in [5.41, 5.74) is 2.71. The Balaban J connectivity index is -0.000000439. The van der Waals surface area contributed by atoms with Crippen molar-refractivity contribution >= 4 is 0 Å². The normalized spacial score (nSPS) is 11.5. The average Bonchev–Trinajstić information content (AvgIpc) is 2.34. The van der Waals surface area contributed by atoms with Gasteiger partial charge < -0.3 is 0 Å². The highest BCUT2D eigenvalue weighted by atomic mass is 14.1. The van der Waals surface area contributed by atoms with Crippen LogP contribution in [0.1, 0.15) is 62.3 Å². The Hall–Kier alpha value is -0.780. The van der Waals surface area contributed by atoms with Crippen molar-refractivity contribution in [2.24, 2.45) is 11.8 Å². The first kappa shape index (κ1) is 21.5. The van der Waals surface area contributed by atoms with E-state index in [0.29, 0.717) is 11.8 Å². The van der Waals surface area contributed by atoms with Crippen molar-refractivity contribution in [3.05, 3.63) is 36.0 Å². The van der Waals surface area contributed by atoms with Gasteiger partial charge in [0, 0.05) is 0 Å². The molecule has 0 aliphatic rings. The number of allylic oxidation sites excluding steroid dienone is 5. The molecule has 0 saturated heterocycles. The fraction of sp³-hybridized carbons (Fsp3) is 0.647. The molecule has 0 N–H and O–H groups in total. The van der Waals surface area contributed by atoms with Crippen LogP contribution in [0.25, 0.3) is 0 Å². The monoisotopic (exact) mass is 238 g/mol. The first-order valence-corrected chi connectivity index (χ1v) is 7.03. The van der Waals surface area contributed by atoms with E-state index in [1.54, 1.807) is 0 Å². The lowest BCUT2D eigenvalue weighted by Crippen LogP contribution is -1.95. The van der Waals surface area contributed by atoms with Crippen LogP contribution in [0.3, 0.4) is 0 Å². The van der Waals surface area contributed by atoms with Gasteiger partial charge in [-0.1, -0.05) is 80.2 Å². The molecular weight excluding hydrogens is 204 g/mol. The van der Waals surface area contributed by atoms with E-state index in [2.05, 4.69) is 53.3 Å². The number of rotatable bonds is 4. The lowest BCUT2D eigenvalue weighted by atomic mass is 9.95. The van der Waals surface area contributed by atoms with E-state index in [0.717, 1.165) is 0 Å². The third kappa shape index (κ3) is 11.5. The van der Waals surface area contributed by atoms with Crippen molar-refractivity contribution in [2.75, 3.05) is 0 Å². The molecule has 0 heteroatoms. The second kappa shape index (κ2) is 15.2. The predicted octanol–water partition coefficient (Wildman–Crippen LogP) is 6.41. The van der Waals surface area contributed by atoms with Gasteiger partial charge in [-0.25, -0.2) is 0 Å². The smallest absolute Gasteiger partial charge is 0.0219 e. The molecule has 0 spiro atoms. The van der Waals surface area contributed by atoms with Gasteiger partial charge in [0.1, 0.15) is 0 Å². The van der Waals surface area contributed by atoms with Crippen molar-refractivity contribution in [3.8, 4) is 0 Å². The van der Waals surface area contributed by atoms with Gasteiger partial charge in [-0.15, -0.1) is 0 Å². The molecule has 0 fully saturated rings. The first-order valence-electron chi connectivity index (χ1n) is 7.03. The summed E-state index contributed by atoms with van der Waals surface area (Å²) in [7, 11) is 0. The Morgan fingerprint density at radius 2 is 1.18 bits per heavy atom. The quantitative estimate of drug-likeness (QED) is 0.496. The molecular formula is C17H34. The summed E-state index contributed by atoms with van der Waals surface area (Å²) < 4.78 is 0. The predicted molar refractivity (Wildman–Crippen MR) is 84.4 cm³/mol. The summed E-state index contributed by atoms with van der Waals surface area (Å²) in [6, 6.07) is 0. The van der Waals surface area contributed by atoms with Crippen LogP contribution >= 0.6 is 0 Å².